The zero-order chi connectivity index (χ0) is 41.7. The van der Waals surface area contributed by atoms with Crippen molar-refractivity contribution < 1.29 is 0 Å². The van der Waals surface area contributed by atoms with Gasteiger partial charge in [-0.1, -0.05) is 164 Å². The Balaban J connectivity index is 0.963. The summed E-state index contributed by atoms with van der Waals surface area (Å²) in [4.78, 5) is 0. The van der Waals surface area contributed by atoms with Crippen molar-refractivity contribution in [3.8, 4) is 44.8 Å². The third-order valence-electron chi connectivity index (χ3n) is 14.5. The fourth-order valence-corrected chi connectivity index (χ4v) is 13.2. The smallest absolute Gasteiger partial charge is 0.0726 e. The van der Waals surface area contributed by atoms with E-state index in [2.05, 4.69) is 228 Å². The number of benzene rings is 10. The average Bonchev–Trinajstić information content (AvgIpc) is 4.14. The highest BCUT2D eigenvalue weighted by Gasteiger charge is 2.51. The van der Waals surface area contributed by atoms with Gasteiger partial charge in [-0.3, -0.25) is 0 Å². The average molecular weight is 829 g/mol. The maximum atomic E-state index is 2.52. The molecule has 1 spiro atoms. The van der Waals surface area contributed by atoms with Gasteiger partial charge in [0.2, 0.25) is 0 Å². The molecule has 0 saturated carbocycles. The van der Waals surface area contributed by atoms with Crippen LogP contribution in [0.3, 0.4) is 0 Å². The fourth-order valence-electron chi connectivity index (χ4n) is 12.0. The first-order valence-corrected chi connectivity index (χ1v) is 23.0. The minimum atomic E-state index is -0.414. The Morgan fingerprint density at radius 2 is 0.781 bits per heavy atom. The quantitative estimate of drug-likeness (QED) is 0.168. The van der Waals surface area contributed by atoms with Crippen molar-refractivity contribution in [2.24, 2.45) is 0 Å². The summed E-state index contributed by atoms with van der Waals surface area (Å²) in [5.41, 5.74) is 19.9. The van der Waals surface area contributed by atoms with E-state index in [4.69, 9.17) is 0 Å². The molecule has 296 valence electrons. The number of thiophene rings is 1. The monoisotopic (exact) mass is 828 g/mol. The van der Waals surface area contributed by atoms with Crippen LogP contribution in [0, 0.1) is 0 Å². The topological polar surface area (TPSA) is 9.86 Å². The first-order valence-electron chi connectivity index (χ1n) is 22.2. The second-order valence-electron chi connectivity index (χ2n) is 17.5. The Bertz CT molecular complexity index is 4070. The van der Waals surface area contributed by atoms with E-state index in [9.17, 15) is 0 Å². The van der Waals surface area contributed by atoms with E-state index in [1.165, 1.54) is 125 Å². The number of hydrogen-bond acceptors (Lipinski definition) is 1. The van der Waals surface area contributed by atoms with Crippen LogP contribution in [0.15, 0.2) is 218 Å². The molecule has 2 aliphatic rings. The van der Waals surface area contributed by atoms with Gasteiger partial charge in [0.05, 0.1) is 27.5 Å². The molecule has 10 aromatic carbocycles. The van der Waals surface area contributed by atoms with Crippen molar-refractivity contribution in [3.05, 3.63) is 241 Å². The molecule has 0 saturated heterocycles. The number of fused-ring (bicyclic) bond motifs is 19. The van der Waals surface area contributed by atoms with E-state index in [0.717, 1.165) is 5.69 Å². The SMILES string of the molecule is c1ccc2c(c1)-c1ccccc1C21c2ccccc2-c2ccc(-n3c4ccccc4c4cc5c6ccccc6n(-c6ccc(-c7cccc8c7sc7ccccc78)cc6)c5cc43)cc21. The molecular weight excluding hydrogens is 793 g/mol. The van der Waals surface area contributed by atoms with Crippen LogP contribution in [0.2, 0.25) is 0 Å². The Morgan fingerprint density at radius 1 is 0.297 bits per heavy atom. The first kappa shape index (κ1) is 34.6. The number of aromatic nitrogens is 2. The number of hydrogen-bond donors (Lipinski definition) is 0. The third-order valence-corrected chi connectivity index (χ3v) is 15.8. The van der Waals surface area contributed by atoms with Gasteiger partial charge in [0.25, 0.3) is 0 Å². The Kier molecular flexibility index (Phi) is 6.79. The molecule has 0 N–H and O–H groups in total. The molecule has 3 heterocycles. The zero-order valence-electron chi connectivity index (χ0n) is 34.6. The van der Waals surface area contributed by atoms with Crippen LogP contribution in [-0.4, -0.2) is 9.13 Å². The highest BCUT2D eigenvalue weighted by atomic mass is 32.1. The van der Waals surface area contributed by atoms with Crippen LogP contribution >= 0.6 is 11.3 Å². The summed E-state index contributed by atoms with van der Waals surface area (Å²) >= 11 is 1.89. The fraction of sp³-hybridized carbons (Fsp3) is 0.0164. The summed E-state index contributed by atoms with van der Waals surface area (Å²) in [6.45, 7) is 0. The van der Waals surface area contributed by atoms with Crippen LogP contribution < -0.4 is 0 Å². The summed E-state index contributed by atoms with van der Waals surface area (Å²) in [6, 6.07) is 82.0. The minimum absolute atomic E-state index is 0.414. The number of rotatable bonds is 3. The molecule has 0 radical (unpaired) electrons. The van der Waals surface area contributed by atoms with E-state index in [-0.39, 0.29) is 0 Å². The Morgan fingerprint density at radius 3 is 1.42 bits per heavy atom. The lowest BCUT2D eigenvalue weighted by Gasteiger charge is -2.30. The molecule has 0 bridgehead atoms. The van der Waals surface area contributed by atoms with Gasteiger partial charge in [0, 0.05) is 53.1 Å². The zero-order valence-corrected chi connectivity index (χ0v) is 35.4. The maximum absolute atomic E-state index is 2.52. The van der Waals surface area contributed by atoms with Gasteiger partial charge >= 0.3 is 0 Å². The molecule has 64 heavy (non-hydrogen) atoms. The molecule has 3 aromatic heterocycles. The third kappa shape index (κ3) is 4.34. The van der Waals surface area contributed by atoms with Gasteiger partial charge in [0.1, 0.15) is 0 Å². The molecule has 0 unspecified atom stereocenters. The van der Waals surface area contributed by atoms with Crippen molar-refractivity contribution in [2.75, 3.05) is 0 Å². The van der Waals surface area contributed by atoms with Gasteiger partial charge < -0.3 is 9.13 Å². The summed E-state index contributed by atoms with van der Waals surface area (Å²) < 4.78 is 7.65. The summed E-state index contributed by atoms with van der Waals surface area (Å²) in [5.74, 6) is 0. The van der Waals surface area contributed by atoms with Crippen LogP contribution in [-0.2, 0) is 5.41 Å². The molecule has 13 aromatic rings. The molecule has 0 amide bonds. The van der Waals surface area contributed by atoms with Crippen molar-refractivity contribution in [1.29, 1.82) is 0 Å². The van der Waals surface area contributed by atoms with Crippen molar-refractivity contribution >= 4 is 75.1 Å². The van der Waals surface area contributed by atoms with Gasteiger partial charge in [-0.25, -0.2) is 0 Å². The first-order chi connectivity index (χ1) is 31.8. The Labute approximate surface area is 373 Å². The lowest BCUT2D eigenvalue weighted by Crippen LogP contribution is -2.26. The largest absolute Gasteiger partial charge is 0.309 e. The van der Waals surface area contributed by atoms with E-state index in [1.54, 1.807) is 0 Å². The highest BCUT2D eigenvalue weighted by molar-refractivity contribution is 7.26. The second kappa shape index (κ2) is 12.6. The molecular formula is C61H36N2S. The molecule has 2 nitrogen and oxygen atoms in total. The van der Waals surface area contributed by atoms with Crippen LogP contribution in [0.5, 0.6) is 0 Å². The second-order valence-corrected chi connectivity index (χ2v) is 18.6. The summed E-state index contributed by atoms with van der Waals surface area (Å²) in [5, 5.41) is 7.68. The van der Waals surface area contributed by atoms with Gasteiger partial charge in [-0.05, 0) is 110 Å². The Hall–Kier alpha value is -7.98. The molecule has 0 aliphatic heterocycles. The van der Waals surface area contributed by atoms with Crippen molar-refractivity contribution in [1.82, 2.24) is 9.13 Å². The van der Waals surface area contributed by atoms with Crippen molar-refractivity contribution in [3.63, 3.8) is 0 Å². The molecule has 15 rings (SSSR count). The molecule has 3 heteroatoms. The van der Waals surface area contributed by atoms with E-state index in [1.807, 2.05) is 11.3 Å². The van der Waals surface area contributed by atoms with E-state index in [0.29, 0.717) is 0 Å². The van der Waals surface area contributed by atoms with E-state index < -0.39 is 5.41 Å². The van der Waals surface area contributed by atoms with Crippen LogP contribution in [0.4, 0.5) is 0 Å². The van der Waals surface area contributed by atoms with Gasteiger partial charge in [-0.2, -0.15) is 0 Å². The number of para-hydroxylation sites is 2. The summed E-state index contributed by atoms with van der Waals surface area (Å²) in [6.07, 6.45) is 0. The minimum Gasteiger partial charge on any atom is -0.309 e. The highest BCUT2D eigenvalue weighted by Crippen LogP contribution is 2.63. The normalized spacial score (nSPS) is 13.4. The summed E-state index contributed by atoms with van der Waals surface area (Å²) in [7, 11) is 0. The van der Waals surface area contributed by atoms with Crippen LogP contribution in [0.1, 0.15) is 22.3 Å². The standard InChI is InChI=1S/C61H36N2S/c1-7-22-51-41(14-1)42-15-2-8-23-52(42)61(51)53-24-9-3-16-43(53)44-33-32-39(34-54(44)61)63-56-26-11-5-18-46(56)50-35-49-45-17-4-10-25-55(45)62(57(49)36-58(50)63)38-30-28-37(29-31-38)40-20-13-21-48-47-19-6-12-27-59(47)64-60(40)48/h1-36H. The lowest BCUT2D eigenvalue weighted by molar-refractivity contribution is 0.792. The number of nitrogens with zero attached hydrogens (tertiary/aromatic N) is 2. The lowest BCUT2D eigenvalue weighted by atomic mass is 9.70. The van der Waals surface area contributed by atoms with Gasteiger partial charge in [0.15, 0.2) is 0 Å². The molecule has 0 fully saturated rings. The van der Waals surface area contributed by atoms with E-state index >= 15 is 0 Å². The predicted molar refractivity (Wildman–Crippen MR) is 270 cm³/mol. The van der Waals surface area contributed by atoms with Gasteiger partial charge in [-0.15, -0.1) is 11.3 Å². The maximum Gasteiger partial charge on any atom is 0.0726 e. The van der Waals surface area contributed by atoms with Crippen molar-refractivity contribution in [2.45, 2.75) is 5.41 Å². The predicted octanol–water partition coefficient (Wildman–Crippen LogP) is 16.3. The van der Waals surface area contributed by atoms with Crippen LogP contribution in [0.25, 0.3) is 109 Å². The molecule has 0 atom stereocenters. The molecule has 2 aliphatic carbocycles.